The lowest BCUT2D eigenvalue weighted by atomic mass is 10.1. The highest BCUT2D eigenvalue weighted by Crippen LogP contribution is 2.27. The first kappa shape index (κ1) is 25.8. The van der Waals surface area contributed by atoms with Gasteiger partial charge in [-0.2, -0.15) is 0 Å². The summed E-state index contributed by atoms with van der Waals surface area (Å²) in [4.78, 5) is 6.76. The van der Waals surface area contributed by atoms with Crippen LogP contribution in [0.4, 0.5) is 0 Å². The van der Waals surface area contributed by atoms with Crippen molar-refractivity contribution in [3.63, 3.8) is 0 Å². The summed E-state index contributed by atoms with van der Waals surface area (Å²) in [6, 6.07) is 6.09. The monoisotopic (exact) mass is 521 g/mol. The molecule has 0 saturated carbocycles. The van der Waals surface area contributed by atoms with Crippen molar-refractivity contribution in [2.45, 2.75) is 19.3 Å². The summed E-state index contributed by atoms with van der Waals surface area (Å²) < 4.78 is 21.4. The third-order valence-corrected chi connectivity index (χ3v) is 4.96. The van der Waals surface area contributed by atoms with Gasteiger partial charge in [-0.05, 0) is 37.0 Å². The average molecular weight is 521 g/mol. The van der Waals surface area contributed by atoms with Gasteiger partial charge in [0.2, 0.25) is 0 Å². The second-order valence-corrected chi connectivity index (χ2v) is 6.94. The van der Waals surface area contributed by atoms with Crippen molar-refractivity contribution >= 4 is 29.9 Å². The fraction of sp³-hybridized carbons (Fsp3) is 0.667. The first-order valence-electron chi connectivity index (χ1n) is 9.95. The topological polar surface area (TPSA) is 64.6 Å². The van der Waals surface area contributed by atoms with Crippen LogP contribution in [0.15, 0.2) is 23.2 Å². The van der Waals surface area contributed by atoms with E-state index in [2.05, 4.69) is 21.3 Å². The van der Waals surface area contributed by atoms with E-state index < -0.39 is 0 Å². The molecule has 1 unspecified atom stereocenters. The van der Waals surface area contributed by atoms with Gasteiger partial charge >= 0.3 is 0 Å². The zero-order valence-corrected chi connectivity index (χ0v) is 20.4. The van der Waals surface area contributed by atoms with Gasteiger partial charge in [-0.15, -0.1) is 24.0 Å². The molecule has 8 heteroatoms. The number of benzene rings is 1. The van der Waals surface area contributed by atoms with Crippen LogP contribution in [-0.4, -0.2) is 78.7 Å². The molecular weight excluding hydrogens is 485 g/mol. The average Bonchev–Trinajstić information content (AvgIpc) is 3.19. The molecular formula is C21H36IN3O4. The van der Waals surface area contributed by atoms with Gasteiger partial charge in [0.25, 0.3) is 0 Å². The first-order chi connectivity index (χ1) is 13.7. The van der Waals surface area contributed by atoms with Crippen molar-refractivity contribution in [2.24, 2.45) is 10.9 Å². The molecule has 0 bridgehead atoms. The van der Waals surface area contributed by atoms with Crippen LogP contribution in [0.25, 0.3) is 0 Å². The lowest BCUT2D eigenvalue weighted by Crippen LogP contribution is -2.40. The van der Waals surface area contributed by atoms with Crippen LogP contribution in [0, 0.1) is 5.92 Å². The molecule has 0 amide bonds. The highest BCUT2D eigenvalue weighted by molar-refractivity contribution is 14.0. The van der Waals surface area contributed by atoms with Crippen LogP contribution in [0.2, 0.25) is 0 Å². The SMILES string of the molecule is CN=C(NCCCc1ccc(OC)c(OC)c1)N1CCC(COCCOC)C1.I. The van der Waals surface area contributed by atoms with E-state index in [0.29, 0.717) is 19.1 Å². The second-order valence-electron chi connectivity index (χ2n) is 6.94. The van der Waals surface area contributed by atoms with Crippen molar-refractivity contribution in [1.29, 1.82) is 0 Å². The Morgan fingerprint density at radius 1 is 1.17 bits per heavy atom. The molecule has 1 saturated heterocycles. The summed E-state index contributed by atoms with van der Waals surface area (Å²) in [6.07, 6.45) is 3.13. The van der Waals surface area contributed by atoms with Crippen LogP contribution in [0.1, 0.15) is 18.4 Å². The van der Waals surface area contributed by atoms with Gasteiger partial charge in [0, 0.05) is 39.7 Å². The Labute approximate surface area is 192 Å². The molecule has 1 fully saturated rings. The number of rotatable bonds is 11. The highest BCUT2D eigenvalue weighted by Gasteiger charge is 2.24. The molecule has 166 valence electrons. The normalized spacial score (nSPS) is 16.5. The number of nitrogens with one attached hydrogen (secondary N) is 1. The van der Waals surface area contributed by atoms with Gasteiger partial charge in [-0.3, -0.25) is 4.99 Å². The zero-order valence-electron chi connectivity index (χ0n) is 18.1. The molecule has 1 heterocycles. The quantitative estimate of drug-likeness (QED) is 0.209. The summed E-state index contributed by atoms with van der Waals surface area (Å²) in [5.74, 6) is 3.08. The molecule has 1 aromatic rings. The summed E-state index contributed by atoms with van der Waals surface area (Å²) in [5.41, 5.74) is 1.24. The van der Waals surface area contributed by atoms with Crippen molar-refractivity contribution in [3.05, 3.63) is 23.8 Å². The maximum atomic E-state index is 5.67. The van der Waals surface area contributed by atoms with Crippen molar-refractivity contribution in [2.75, 3.05) is 67.8 Å². The Balaban J connectivity index is 0.00000420. The Morgan fingerprint density at radius 3 is 2.66 bits per heavy atom. The zero-order chi connectivity index (χ0) is 20.2. The van der Waals surface area contributed by atoms with E-state index in [9.17, 15) is 0 Å². The Bertz CT molecular complexity index is 616. The van der Waals surface area contributed by atoms with Crippen molar-refractivity contribution in [3.8, 4) is 11.5 Å². The van der Waals surface area contributed by atoms with Gasteiger partial charge in [0.1, 0.15) is 0 Å². The lowest BCUT2D eigenvalue weighted by Gasteiger charge is -2.21. The van der Waals surface area contributed by atoms with Gasteiger partial charge in [0.15, 0.2) is 17.5 Å². The van der Waals surface area contributed by atoms with E-state index >= 15 is 0 Å². The van der Waals surface area contributed by atoms with Gasteiger partial charge in [0.05, 0.1) is 34.0 Å². The molecule has 2 rings (SSSR count). The summed E-state index contributed by atoms with van der Waals surface area (Å²) >= 11 is 0. The number of hydrogen-bond acceptors (Lipinski definition) is 5. The smallest absolute Gasteiger partial charge is 0.193 e. The number of guanidine groups is 1. The number of ether oxygens (including phenoxy) is 4. The van der Waals surface area contributed by atoms with Crippen molar-refractivity contribution in [1.82, 2.24) is 10.2 Å². The minimum absolute atomic E-state index is 0. The number of aliphatic imine (C=N–C) groups is 1. The fourth-order valence-corrected chi connectivity index (χ4v) is 3.41. The third kappa shape index (κ3) is 8.55. The molecule has 0 radical (unpaired) electrons. The van der Waals surface area contributed by atoms with E-state index in [0.717, 1.165) is 63.0 Å². The van der Waals surface area contributed by atoms with E-state index in [1.54, 1.807) is 21.3 Å². The molecule has 0 aromatic heterocycles. The van der Waals surface area contributed by atoms with Gasteiger partial charge < -0.3 is 29.2 Å². The first-order valence-corrected chi connectivity index (χ1v) is 9.95. The molecule has 0 aliphatic carbocycles. The van der Waals surface area contributed by atoms with Crippen molar-refractivity contribution < 1.29 is 18.9 Å². The van der Waals surface area contributed by atoms with Gasteiger partial charge in [-0.25, -0.2) is 0 Å². The van der Waals surface area contributed by atoms with E-state index in [1.165, 1.54) is 5.56 Å². The third-order valence-electron chi connectivity index (χ3n) is 4.96. The van der Waals surface area contributed by atoms with E-state index in [4.69, 9.17) is 18.9 Å². The predicted molar refractivity (Wildman–Crippen MR) is 127 cm³/mol. The predicted octanol–water partition coefficient (Wildman–Crippen LogP) is 2.81. The fourth-order valence-electron chi connectivity index (χ4n) is 3.41. The largest absolute Gasteiger partial charge is 0.493 e. The number of halogens is 1. The van der Waals surface area contributed by atoms with Crippen LogP contribution in [-0.2, 0) is 15.9 Å². The molecule has 1 N–H and O–H groups in total. The van der Waals surface area contributed by atoms with Crippen LogP contribution in [0.5, 0.6) is 11.5 Å². The van der Waals surface area contributed by atoms with Crippen LogP contribution in [0.3, 0.4) is 0 Å². The molecule has 1 aromatic carbocycles. The lowest BCUT2D eigenvalue weighted by molar-refractivity contribution is 0.0536. The Morgan fingerprint density at radius 2 is 1.97 bits per heavy atom. The molecule has 0 spiro atoms. The maximum Gasteiger partial charge on any atom is 0.193 e. The molecule has 1 aliphatic rings. The number of aryl methyl sites for hydroxylation is 1. The second kappa shape index (κ2) is 14.7. The number of nitrogens with zero attached hydrogens (tertiary/aromatic N) is 2. The summed E-state index contributed by atoms with van der Waals surface area (Å²) in [6.45, 7) is 4.99. The number of hydrogen-bond donors (Lipinski definition) is 1. The van der Waals surface area contributed by atoms with Gasteiger partial charge in [-0.1, -0.05) is 6.07 Å². The molecule has 7 nitrogen and oxygen atoms in total. The minimum Gasteiger partial charge on any atom is -0.493 e. The Kier molecular flexibility index (Phi) is 13.0. The standard InChI is InChI=1S/C21H35N3O4.HI/c1-22-21(24-11-9-18(15-24)16-28-13-12-25-2)23-10-5-6-17-7-8-19(26-3)20(14-17)27-4;/h7-8,14,18H,5-6,9-13,15-16H2,1-4H3,(H,22,23);1H. The number of likely N-dealkylation sites (tertiary alicyclic amines) is 1. The minimum atomic E-state index is 0. The van der Waals surface area contributed by atoms with Crippen LogP contribution >= 0.6 is 24.0 Å². The van der Waals surface area contributed by atoms with Crippen LogP contribution < -0.4 is 14.8 Å². The van der Waals surface area contributed by atoms with E-state index in [-0.39, 0.29) is 24.0 Å². The molecule has 1 aliphatic heterocycles. The number of methoxy groups -OCH3 is 3. The maximum absolute atomic E-state index is 5.67. The van der Waals surface area contributed by atoms with E-state index in [1.807, 2.05) is 19.2 Å². The summed E-state index contributed by atoms with van der Waals surface area (Å²) in [5, 5.41) is 3.49. The summed E-state index contributed by atoms with van der Waals surface area (Å²) in [7, 11) is 6.86. The highest BCUT2D eigenvalue weighted by atomic mass is 127. The Hall–Kier alpha value is -1.26. The molecule has 29 heavy (non-hydrogen) atoms. The molecule has 1 atom stereocenters.